The fraction of sp³-hybridized carbons (Fsp3) is 0.435. The minimum Gasteiger partial charge on any atom is -0.306 e. The van der Waals surface area contributed by atoms with Crippen molar-refractivity contribution in [1.29, 1.82) is 0 Å². The first kappa shape index (κ1) is 20.5. The molecule has 0 aliphatic carbocycles. The molecule has 0 spiro atoms. The van der Waals surface area contributed by atoms with E-state index in [2.05, 4.69) is 11.8 Å². The number of anilines is 1. The van der Waals surface area contributed by atoms with Crippen LogP contribution in [0.25, 0.3) is 0 Å². The highest BCUT2D eigenvalue weighted by atomic mass is 19.1. The molecule has 2 aromatic carbocycles. The Balaban J connectivity index is 1.67. The van der Waals surface area contributed by atoms with Crippen LogP contribution in [-0.2, 0) is 11.2 Å². The van der Waals surface area contributed by atoms with Gasteiger partial charge in [0.2, 0.25) is 5.91 Å². The van der Waals surface area contributed by atoms with E-state index in [9.17, 15) is 13.6 Å². The number of hydrogen-bond acceptors (Lipinski definition) is 2. The molecule has 1 saturated heterocycles. The summed E-state index contributed by atoms with van der Waals surface area (Å²) in [5, 5.41) is 0. The molecule has 0 bridgehead atoms. The fourth-order valence-electron chi connectivity index (χ4n) is 4.10. The van der Waals surface area contributed by atoms with E-state index in [0.29, 0.717) is 12.1 Å². The molecular formula is C23H28F2N2O. The van der Waals surface area contributed by atoms with Gasteiger partial charge in [0.05, 0.1) is 5.69 Å². The fourth-order valence-corrected chi connectivity index (χ4v) is 4.10. The summed E-state index contributed by atoms with van der Waals surface area (Å²) in [6.45, 7) is 6.46. The lowest BCUT2D eigenvalue weighted by Gasteiger charge is -2.42. The smallest absolute Gasteiger partial charge is 0.227 e. The van der Waals surface area contributed by atoms with Gasteiger partial charge in [-0.2, -0.15) is 0 Å². The summed E-state index contributed by atoms with van der Waals surface area (Å²) in [4.78, 5) is 16.7. The van der Waals surface area contributed by atoms with Crippen molar-refractivity contribution in [3.05, 3.63) is 65.7 Å². The Morgan fingerprint density at radius 1 is 1.18 bits per heavy atom. The third kappa shape index (κ3) is 4.76. The predicted molar refractivity (Wildman–Crippen MR) is 108 cm³/mol. The number of halogens is 2. The van der Waals surface area contributed by atoms with Gasteiger partial charge in [0.15, 0.2) is 0 Å². The number of para-hydroxylation sites is 1. The number of rotatable bonds is 6. The topological polar surface area (TPSA) is 23.6 Å². The van der Waals surface area contributed by atoms with Crippen molar-refractivity contribution >= 4 is 11.6 Å². The lowest BCUT2D eigenvalue weighted by molar-refractivity contribution is -0.119. The Kier molecular flexibility index (Phi) is 6.79. The van der Waals surface area contributed by atoms with Crippen LogP contribution in [0.5, 0.6) is 0 Å². The van der Waals surface area contributed by atoms with E-state index in [1.807, 2.05) is 13.0 Å². The summed E-state index contributed by atoms with van der Waals surface area (Å²) >= 11 is 0. The largest absolute Gasteiger partial charge is 0.306 e. The van der Waals surface area contributed by atoms with Gasteiger partial charge in [-0.3, -0.25) is 4.79 Å². The molecule has 1 fully saturated rings. The van der Waals surface area contributed by atoms with Crippen LogP contribution in [0.15, 0.2) is 48.5 Å². The summed E-state index contributed by atoms with van der Waals surface area (Å²) in [7, 11) is 0. The van der Waals surface area contributed by atoms with Gasteiger partial charge in [-0.1, -0.05) is 38.1 Å². The first-order valence-electron chi connectivity index (χ1n) is 10.0. The Bertz CT molecular complexity index is 811. The highest BCUT2D eigenvalue weighted by molar-refractivity contribution is 5.94. The van der Waals surface area contributed by atoms with Crippen molar-refractivity contribution in [2.75, 3.05) is 24.5 Å². The summed E-state index contributed by atoms with van der Waals surface area (Å²) in [5.74, 6) is -0.389. The van der Waals surface area contributed by atoms with E-state index in [1.54, 1.807) is 35.2 Å². The number of carbonyl (C=O) groups excluding carboxylic acids is 1. The lowest BCUT2D eigenvalue weighted by Crippen LogP contribution is -2.52. The van der Waals surface area contributed by atoms with Gasteiger partial charge in [-0.25, -0.2) is 8.78 Å². The second-order valence-electron chi connectivity index (χ2n) is 7.58. The van der Waals surface area contributed by atoms with Crippen LogP contribution in [-0.4, -0.2) is 36.5 Å². The SMILES string of the molecule is CCC(=O)N(c1ccccc1F)C1CCN(CCc2cccc(F)c2)CC1C. The van der Waals surface area contributed by atoms with Gasteiger partial charge < -0.3 is 9.80 Å². The summed E-state index contributed by atoms with van der Waals surface area (Å²) in [5.41, 5.74) is 1.36. The standard InChI is InChI=1S/C23H28F2N2O/c1-3-23(28)27(22-10-5-4-9-20(22)25)21-12-14-26(16-17(21)2)13-11-18-7-6-8-19(24)15-18/h4-10,15,17,21H,3,11-14,16H2,1-2H3. The molecule has 5 heteroatoms. The number of hydrogen-bond donors (Lipinski definition) is 0. The van der Waals surface area contributed by atoms with E-state index < -0.39 is 0 Å². The molecule has 0 saturated carbocycles. The predicted octanol–water partition coefficient (Wildman–Crippen LogP) is 4.66. The Morgan fingerprint density at radius 2 is 1.96 bits per heavy atom. The number of benzene rings is 2. The summed E-state index contributed by atoms with van der Waals surface area (Å²) < 4.78 is 27.8. The van der Waals surface area contributed by atoms with Gasteiger partial charge in [0, 0.05) is 32.1 Å². The molecule has 1 amide bonds. The lowest BCUT2D eigenvalue weighted by atomic mass is 9.91. The monoisotopic (exact) mass is 386 g/mol. The number of amides is 1. The molecule has 2 aromatic rings. The third-order valence-corrected chi connectivity index (χ3v) is 5.56. The molecule has 2 unspecified atom stereocenters. The van der Waals surface area contributed by atoms with Crippen LogP contribution in [0.2, 0.25) is 0 Å². The Hall–Kier alpha value is -2.27. The molecule has 1 aliphatic heterocycles. The van der Waals surface area contributed by atoms with Crippen LogP contribution in [0.1, 0.15) is 32.3 Å². The van der Waals surface area contributed by atoms with Crippen LogP contribution in [0.3, 0.4) is 0 Å². The molecule has 1 aliphatic rings. The second kappa shape index (κ2) is 9.28. The zero-order valence-corrected chi connectivity index (χ0v) is 16.6. The van der Waals surface area contributed by atoms with Crippen molar-refractivity contribution in [2.45, 2.75) is 39.2 Å². The maximum absolute atomic E-state index is 14.4. The van der Waals surface area contributed by atoms with Crippen molar-refractivity contribution in [3.8, 4) is 0 Å². The van der Waals surface area contributed by atoms with Crippen molar-refractivity contribution < 1.29 is 13.6 Å². The summed E-state index contributed by atoms with van der Waals surface area (Å²) in [6, 6.07) is 13.2. The van der Waals surface area contributed by atoms with Gasteiger partial charge in [-0.05, 0) is 48.6 Å². The molecular weight excluding hydrogens is 358 g/mol. The Morgan fingerprint density at radius 3 is 2.64 bits per heavy atom. The van der Waals surface area contributed by atoms with Crippen LogP contribution in [0.4, 0.5) is 14.5 Å². The second-order valence-corrected chi connectivity index (χ2v) is 7.58. The van der Waals surface area contributed by atoms with E-state index in [0.717, 1.165) is 38.0 Å². The van der Waals surface area contributed by atoms with Crippen molar-refractivity contribution in [2.24, 2.45) is 5.92 Å². The molecule has 1 heterocycles. The molecule has 28 heavy (non-hydrogen) atoms. The van der Waals surface area contributed by atoms with Gasteiger partial charge in [-0.15, -0.1) is 0 Å². The van der Waals surface area contributed by atoms with Crippen LogP contribution in [0, 0.1) is 17.6 Å². The van der Waals surface area contributed by atoms with Gasteiger partial charge in [0.25, 0.3) is 0 Å². The molecule has 3 rings (SSSR count). The molecule has 3 nitrogen and oxygen atoms in total. The zero-order chi connectivity index (χ0) is 20.1. The van der Waals surface area contributed by atoms with E-state index in [4.69, 9.17) is 0 Å². The highest BCUT2D eigenvalue weighted by Crippen LogP contribution is 2.30. The molecule has 2 atom stereocenters. The molecule has 0 N–H and O–H groups in total. The quantitative estimate of drug-likeness (QED) is 0.721. The average molecular weight is 386 g/mol. The van der Waals surface area contributed by atoms with Gasteiger partial charge in [0.1, 0.15) is 11.6 Å². The molecule has 0 radical (unpaired) electrons. The van der Waals surface area contributed by atoms with Crippen molar-refractivity contribution in [3.63, 3.8) is 0 Å². The first-order chi connectivity index (χ1) is 13.5. The highest BCUT2D eigenvalue weighted by Gasteiger charge is 2.34. The van der Waals surface area contributed by atoms with Crippen molar-refractivity contribution in [1.82, 2.24) is 4.90 Å². The molecule has 150 valence electrons. The molecule has 0 aromatic heterocycles. The maximum atomic E-state index is 14.4. The van der Waals surface area contributed by atoms with E-state index in [1.165, 1.54) is 12.1 Å². The number of likely N-dealkylation sites (tertiary alicyclic amines) is 1. The maximum Gasteiger partial charge on any atom is 0.227 e. The minimum atomic E-state index is -0.356. The normalized spacial score (nSPS) is 20.1. The number of carbonyl (C=O) groups is 1. The minimum absolute atomic E-state index is 0.0187. The van der Waals surface area contributed by atoms with Crippen LogP contribution >= 0.6 is 0 Å². The van der Waals surface area contributed by atoms with Gasteiger partial charge >= 0.3 is 0 Å². The van der Waals surface area contributed by atoms with E-state index in [-0.39, 0.29) is 29.5 Å². The van der Waals surface area contributed by atoms with Crippen LogP contribution < -0.4 is 4.90 Å². The number of nitrogens with zero attached hydrogens (tertiary/aromatic N) is 2. The summed E-state index contributed by atoms with van der Waals surface area (Å²) in [6.07, 6.45) is 1.94. The Labute approximate surface area is 166 Å². The van der Waals surface area contributed by atoms with E-state index >= 15 is 0 Å². The number of piperidine rings is 1. The zero-order valence-electron chi connectivity index (χ0n) is 16.6. The first-order valence-corrected chi connectivity index (χ1v) is 10.0. The third-order valence-electron chi connectivity index (χ3n) is 5.56. The average Bonchev–Trinajstić information content (AvgIpc) is 2.69.